The Labute approximate surface area is 170 Å². The largest absolute Gasteiger partial charge is 0.487 e. The highest BCUT2D eigenvalue weighted by Crippen LogP contribution is 2.33. The summed E-state index contributed by atoms with van der Waals surface area (Å²) < 4.78 is 8.09. The Balaban J connectivity index is 1.57. The van der Waals surface area contributed by atoms with Crippen LogP contribution in [0.25, 0.3) is 0 Å². The lowest BCUT2D eigenvalue weighted by atomic mass is 10.1. The standard InChI is InChI=1S/C21H23Cl2N3O/c1-16-3-5-17(6-4-16)14-27-21-18(11-19(22)12-20(21)23)13-24-7-2-9-26-10-8-25-15-26/h3-6,8,10-12,15,24H,2,7,9,13-14H2,1H3. The molecule has 0 radical (unpaired) electrons. The number of rotatable bonds is 9. The molecule has 6 heteroatoms. The van der Waals surface area contributed by atoms with Crippen molar-refractivity contribution in [3.63, 3.8) is 0 Å². The van der Waals surface area contributed by atoms with Crippen LogP contribution in [0.4, 0.5) is 0 Å². The number of nitrogens with zero attached hydrogens (tertiary/aromatic N) is 2. The van der Waals surface area contributed by atoms with Crippen LogP contribution in [0.2, 0.25) is 10.0 Å². The lowest BCUT2D eigenvalue weighted by molar-refractivity contribution is 0.302. The lowest BCUT2D eigenvalue weighted by Crippen LogP contribution is -2.17. The minimum atomic E-state index is 0.468. The van der Waals surface area contributed by atoms with Crippen LogP contribution in [0.1, 0.15) is 23.1 Å². The number of hydrogen-bond donors (Lipinski definition) is 1. The maximum Gasteiger partial charge on any atom is 0.142 e. The van der Waals surface area contributed by atoms with Crippen LogP contribution < -0.4 is 10.1 Å². The smallest absolute Gasteiger partial charge is 0.142 e. The second-order valence-electron chi connectivity index (χ2n) is 6.48. The Morgan fingerprint density at radius 3 is 2.70 bits per heavy atom. The van der Waals surface area contributed by atoms with E-state index in [0.29, 0.717) is 28.9 Å². The van der Waals surface area contributed by atoms with E-state index in [1.165, 1.54) is 5.56 Å². The third-order valence-electron chi connectivity index (χ3n) is 4.23. The SMILES string of the molecule is Cc1ccc(COc2c(Cl)cc(Cl)cc2CNCCCn2ccnc2)cc1. The molecule has 3 aromatic rings. The minimum Gasteiger partial charge on any atom is -0.487 e. The van der Waals surface area contributed by atoms with E-state index < -0.39 is 0 Å². The van der Waals surface area contributed by atoms with Crippen molar-refractivity contribution in [2.45, 2.75) is 33.0 Å². The zero-order valence-corrected chi connectivity index (χ0v) is 16.8. The van der Waals surface area contributed by atoms with Crippen LogP contribution in [0.5, 0.6) is 5.75 Å². The third kappa shape index (κ3) is 5.99. The van der Waals surface area contributed by atoms with Gasteiger partial charge in [0, 0.05) is 36.1 Å². The predicted octanol–water partition coefficient (Wildman–Crippen LogP) is 5.26. The molecular formula is C21H23Cl2N3O. The molecule has 0 spiro atoms. The number of halogens is 2. The second-order valence-corrected chi connectivity index (χ2v) is 7.32. The third-order valence-corrected chi connectivity index (χ3v) is 4.73. The van der Waals surface area contributed by atoms with Crippen LogP contribution in [0.3, 0.4) is 0 Å². The number of benzene rings is 2. The molecule has 0 aliphatic rings. The molecule has 0 aliphatic carbocycles. The van der Waals surface area contributed by atoms with E-state index in [1.54, 1.807) is 12.3 Å². The van der Waals surface area contributed by atoms with E-state index in [4.69, 9.17) is 27.9 Å². The van der Waals surface area contributed by atoms with Gasteiger partial charge in [0.2, 0.25) is 0 Å². The molecule has 0 fully saturated rings. The van der Waals surface area contributed by atoms with Crippen molar-refractivity contribution in [3.8, 4) is 5.75 Å². The Hall–Kier alpha value is -2.01. The predicted molar refractivity (Wildman–Crippen MR) is 111 cm³/mol. The van der Waals surface area contributed by atoms with Gasteiger partial charge in [-0.15, -0.1) is 0 Å². The monoisotopic (exact) mass is 403 g/mol. The van der Waals surface area contributed by atoms with Gasteiger partial charge in [0.1, 0.15) is 12.4 Å². The minimum absolute atomic E-state index is 0.468. The molecule has 1 N–H and O–H groups in total. The van der Waals surface area contributed by atoms with Gasteiger partial charge in [-0.1, -0.05) is 53.0 Å². The first-order valence-corrected chi connectivity index (χ1v) is 9.70. The number of hydrogen-bond acceptors (Lipinski definition) is 3. The summed E-state index contributed by atoms with van der Waals surface area (Å²) in [5.41, 5.74) is 3.29. The van der Waals surface area contributed by atoms with Crippen molar-refractivity contribution >= 4 is 23.2 Å². The Kier molecular flexibility index (Phi) is 7.16. The van der Waals surface area contributed by atoms with Crippen LogP contribution in [-0.4, -0.2) is 16.1 Å². The van der Waals surface area contributed by atoms with Crippen molar-refractivity contribution < 1.29 is 4.74 Å². The van der Waals surface area contributed by atoms with Crippen LogP contribution in [0, 0.1) is 6.92 Å². The average molecular weight is 404 g/mol. The fourth-order valence-corrected chi connectivity index (χ4v) is 3.37. The summed E-state index contributed by atoms with van der Waals surface area (Å²) in [6, 6.07) is 11.9. The van der Waals surface area contributed by atoms with Gasteiger partial charge in [-0.25, -0.2) is 4.98 Å². The molecule has 0 amide bonds. The highest BCUT2D eigenvalue weighted by molar-refractivity contribution is 6.35. The Bertz CT molecular complexity index is 849. The van der Waals surface area contributed by atoms with Gasteiger partial charge in [-0.3, -0.25) is 0 Å². The summed E-state index contributed by atoms with van der Waals surface area (Å²) >= 11 is 12.6. The number of aryl methyl sites for hydroxylation is 2. The molecule has 3 rings (SSSR count). The summed E-state index contributed by atoms with van der Waals surface area (Å²) in [4.78, 5) is 4.05. The molecule has 0 bridgehead atoms. The summed E-state index contributed by atoms with van der Waals surface area (Å²) in [7, 11) is 0. The van der Waals surface area contributed by atoms with Crippen LogP contribution in [-0.2, 0) is 19.7 Å². The van der Waals surface area contributed by atoms with Gasteiger partial charge in [0.25, 0.3) is 0 Å². The number of ether oxygens (including phenoxy) is 1. The summed E-state index contributed by atoms with van der Waals surface area (Å²) in [5, 5.41) is 4.58. The van der Waals surface area contributed by atoms with Crippen molar-refractivity contribution in [1.29, 1.82) is 0 Å². The van der Waals surface area contributed by atoms with Gasteiger partial charge >= 0.3 is 0 Å². The molecule has 1 heterocycles. The molecular weight excluding hydrogens is 381 g/mol. The zero-order chi connectivity index (χ0) is 19.1. The van der Waals surface area contributed by atoms with E-state index in [9.17, 15) is 0 Å². The number of imidazole rings is 1. The van der Waals surface area contributed by atoms with Crippen molar-refractivity contribution in [1.82, 2.24) is 14.9 Å². The topological polar surface area (TPSA) is 39.1 Å². The fourth-order valence-electron chi connectivity index (χ4n) is 2.78. The maximum atomic E-state index is 6.39. The summed E-state index contributed by atoms with van der Waals surface area (Å²) in [5.74, 6) is 0.684. The molecule has 27 heavy (non-hydrogen) atoms. The van der Waals surface area contributed by atoms with E-state index in [2.05, 4.69) is 46.1 Å². The first-order chi connectivity index (χ1) is 13.1. The first kappa shape index (κ1) is 19.7. The van der Waals surface area contributed by atoms with Crippen molar-refractivity contribution in [2.75, 3.05) is 6.54 Å². The van der Waals surface area contributed by atoms with Crippen LogP contribution >= 0.6 is 23.2 Å². The molecule has 0 unspecified atom stereocenters. The van der Waals surface area contributed by atoms with Crippen molar-refractivity contribution in [2.24, 2.45) is 0 Å². The van der Waals surface area contributed by atoms with Gasteiger partial charge in [-0.05, 0) is 37.6 Å². The molecule has 0 aliphatic heterocycles. The molecule has 0 atom stereocenters. The van der Waals surface area contributed by atoms with Gasteiger partial charge < -0.3 is 14.6 Å². The van der Waals surface area contributed by atoms with Gasteiger partial charge in [0.05, 0.1) is 11.3 Å². The Morgan fingerprint density at radius 1 is 1.15 bits per heavy atom. The Morgan fingerprint density at radius 2 is 1.96 bits per heavy atom. The quantitative estimate of drug-likeness (QED) is 0.495. The van der Waals surface area contributed by atoms with Crippen molar-refractivity contribution in [3.05, 3.63) is 81.9 Å². The molecule has 1 aromatic heterocycles. The zero-order valence-electron chi connectivity index (χ0n) is 15.3. The van der Waals surface area contributed by atoms with E-state index in [1.807, 2.05) is 18.6 Å². The lowest BCUT2D eigenvalue weighted by Gasteiger charge is -2.15. The van der Waals surface area contributed by atoms with E-state index in [-0.39, 0.29) is 0 Å². The number of nitrogens with one attached hydrogen (secondary N) is 1. The second kappa shape index (κ2) is 9.79. The molecule has 4 nitrogen and oxygen atoms in total. The highest BCUT2D eigenvalue weighted by atomic mass is 35.5. The molecule has 2 aromatic carbocycles. The molecule has 0 saturated heterocycles. The fraction of sp³-hybridized carbons (Fsp3) is 0.286. The van der Waals surface area contributed by atoms with Gasteiger partial charge in [-0.2, -0.15) is 0 Å². The highest BCUT2D eigenvalue weighted by Gasteiger charge is 2.11. The maximum absolute atomic E-state index is 6.39. The van der Waals surface area contributed by atoms with E-state index >= 15 is 0 Å². The van der Waals surface area contributed by atoms with Gasteiger partial charge in [0.15, 0.2) is 0 Å². The molecule has 0 saturated carbocycles. The van der Waals surface area contributed by atoms with Crippen LogP contribution in [0.15, 0.2) is 55.1 Å². The first-order valence-electron chi connectivity index (χ1n) is 8.94. The summed E-state index contributed by atoms with van der Waals surface area (Å²) in [6.07, 6.45) is 6.59. The molecule has 142 valence electrons. The van der Waals surface area contributed by atoms with E-state index in [0.717, 1.165) is 30.6 Å². The average Bonchev–Trinajstić information content (AvgIpc) is 3.15. The summed E-state index contributed by atoms with van der Waals surface area (Å²) in [6.45, 7) is 4.99. The number of aromatic nitrogens is 2. The normalized spacial score (nSPS) is 10.9.